The summed E-state index contributed by atoms with van der Waals surface area (Å²) in [6.45, 7) is 2.09. The van der Waals surface area contributed by atoms with Crippen LogP contribution in [0.5, 0.6) is 0 Å². The molecule has 0 saturated carbocycles. The molecule has 3 heterocycles. The molecule has 2 fully saturated rings. The lowest BCUT2D eigenvalue weighted by Crippen LogP contribution is -2.45. The Morgan fingerprint density at radius 3 is 2.88 bits per heavy atom. The highest BCUT2D eigenvalue weighted by Crippen LogP contribution is 2.24. The van der Waals surface area contributed by atoms with Gasteiger partial charge in [0.2, 0.25) is 5.91 Å². The number of hydrogen-bond acceptors (Lipinski definition) is 4. The highest BCUT2D eigenvalue weighted by atomic mass is 79.9. The molecule has 2 aliphatic heterocycles. The SMILES string of the molecule is N#C[C@@H]1C[C@H](F)CN1C(=O)CN1CCC(Cc2ccnc(Br)c2)CC1. The maximum atomic E-state index is 13.5. The van der Waals surface area contributed by atoms with Crippen LogP contribution in [0.2, 0.25) is 0 Å². The Morgan fingerprint density at radius 1 is 1.44 bits per heavy atom. The summed E-state index contributed by atoms with van der Waals surface area (Å²) in [5, 5.41) is 9.07. The molecule has 2 aliphatic rings. The first-order valence-electron chi connectivity index (χ1n) is 8.71. The molecule has 0 spiro atoms. The first-order chi connectivity index (χ1) is 12.0. The van der Waals surface area contributed by atoms with Gasteiger partial charge in [0.25, 0.3) is 0 Å². The van der Waals surface area contributed by atoms with Gasteiger partial charge in [0.1, 0.15) is 16.8 Å². The average Bonchev–Trinajstić information content (AvgIpc) is 2.98. The lowest BCUT2D eigenvalue weighted by molar-refractivity contribution is -0.132. The van der Waals surface area contributed by atoms with Gasteiger partial charge in [-0.1, -0.05) is 0 Å². The maximum absolute atomic E-state index is 13.5. The number of halogens is 2. The molecule has 5 nitrogen and oxygen atoms in total. The molecule has 1 aromatic heterocycles. The molecular formula is C18H22BrFN4O. The molecule has 0 N–H and O–H groups in total. The van der Waals surface area contributed by atoms with Crippen molar-refractivity contribution in [2.24, 2.45) is 5.92 Å². The summed E-state index contributed by atoms with van der Waals surface area (Å²) in [6, 6.07) is 5.53. The van der Waals surface area contributed by atoms with Gasteiger partial charge in [0.05, 0.1) is 19.2 Å². The fraction of sp³-hybridized carbons (Fsp3) is 0.611. The molecule has 0 radical (unpaired) electrons. The minimum Gasteiger partial charge on any atom is -0.323 e. The van der Waals surface area contributed by atoms with Gasteiger partial charge in [0.15, 0.2) is 0 Å². The van der Waals surface area contributed by atoms with Crippen LogP contribution in [-0.4, -0.2) is 59.1 Å². The second-order valence-corrected chi connectivity index (χ2v) is 7.75. The number of likely N-dealkylation sites (tertiary alicyclic amines) is 2. The number of carbonyl (C=O) groups is 1. The first kappa shape index (κ1) is 18.3. The molecule has 1 aromatic rings. The molecule has 134 valence electrons. The van der Waals surface area contributed by atoms with Crippen molar-refractivity contribution >= 4 is 21.8 Å². The summed E-state index contributed by atoms with van der Waals surface area (Å²) in [6.07, 6.45) is 3.99. The summed E-state index contributed by atoms with van der Waals surface area (Å²) in [5.74, 6) is 0.484. The summed E-state index contributed by atoms with van der Waals surface area (Å²) < 4.78 is 14.3. The molecular weight excluding hydrogens is 387 g/mol. The van der Waals surface area contributed by atoms with Crippen LogP contribution in [0.1, 0.15) is 24.8 Å². The van der Waals surface area contributed by atoms with Crippen molar-refractivity contribution in [2.45, 2.75) is 37.9 Å². The summed E-state index contributed by atoms with van der Waals surface area (Å²) in [4.78, 5) is 20.1. The second kappa shape index (κ2) is 8.24. The van der Waals surface area contributed by atoms with Gasteiger partial charge in [-0.3, -0.25) is 9.69 Å². The molecule has 0 aromatic carbocycles. The van der Waals surface area contributed by atoms with Gasteiger partial charge < -0.3 is 4.90 Å². The zero-order valence-electron chi connectivity index (χ0n) is 14.1. The smallest absolute Gasteiger partial charge is 0.237 e. The van der Waals surface area contributed by atoms with Crippen LogP contribution in [0.4, 0.5) is 4.39 Å². The summed E-state index contributed by atoms with van der Waals surface area (Å²) in [7, 11) is 0. The number of alkyl halides is 1. The monoisotopic (exact) mass is 408 g/mol. The van der Waals surface area contributed by atoms with E-state index in [1.54, 1.807) is 0 Å². The molecule has 1 amide bonds. The Morgan fingerprint density at radius 2 is 2.20 bits per heavy atom. The molecule has 0 aliphatic carbocycles. The Balaban J connectivity index is 1.46. The Hall–Kier alpha value is -1.52. The molecule has 25 heavy (non-hydrogen) atoms. The van der Waals surface area contributed by atoms with Crippen molar-refractivity contribution in [3.05, 3.63) is 28.5 Å². The quantitative estimate of drug-likeness (QED) is 0.718. The first-order valence-corrected chi connectivity index (χ1v) is 9.50. The second-order valence-electron chi connectivity index (χ2n) is 6.93. The van der Waals surface area contributed by atoms with Gasteiger partial charge in [-0.15, -0.1) is 0 Å². The zero-order chi connectivity index (χ0) is 17.8. The number of rotatable bonds is 4. The third kappa shape index (κ3) is 4.77. The van der Waals surface area contributed by atoms with E-state index in [1.807, 2.05) is 18.3 Å². The van der Waals surface area contributed by atoms with Gasteiger partial charge >= 0.3 is 0 Å². The molecule has 0 bridgehead atoms. The van der Waals surface area contributed by atoms with Crippen molar-refractivity contribution in [1.82, 2.24) is 14.8 Å². The van der Waals surface area contributed by atoms with Gasteiger partial charge in [-0.25, -0.2) is 9.37 Å². The van der Waals surface area contributed by atoms with E-state index >= 15 is 0 Å². The number of carbonyl (C=O) groups excluding carboxylic acids is 1. The van der Waals surface area contributed by atoms with E-state index < -0.39 is 12.2 Å². The number of hydrogen-bond donors (Lipinski definition) is 0. The molecule has 7 heteroatoms. The highest BCUT2D eigenvalue weighted by molar-refractivity contribution is 9.10. The van der Waals surface area contributed by atoms with E-state index in [-0.39, 0.29) is 18.9 Å². The zero-order valence-corrected chi connectivity index (χ0v) is 15.7. The normalized spacial score (nSPS) is 25.1. The Bertz CT molecular complexity index is 657. The van der Waals surface area contributed by atoms with Crippen LogP contribution in [-0.2, 0) is 11.2 Å². The van der Waals surface area contributed by atoms with Crippen LogP contribution in [0.25, 0.3) is 0 Å². The predicted octanol–water partition coefficient (Wildman–Crippen LogP) is 2.56. The van der Waals surface area contributed by atoms with Crippen LogP contribution in [0.3, 0.4) is 0 Å². The number of nitrogens with zero attached hydrogens (tertiary/aromatic N) is 4. The number of pyridine rings is 1. The van der Waals surface area contributed by atoms with Gasteiger partial charge in [-0.05, 0) is 71.9 Å². The van der Waals surface area contributed by atoms with Crippen LogP contribution in [0.15, 0.2) is 22.9 Å². The van der Waals surface area contributed by atoms with Crippen molar-refractivity contribution in [2.75, 3.05) is 26.2 Å². The highest BCUT2D eigenvalue weighted by Gasteiger charge is 2.36. The van der Waals surface area contributed by atoms with Crippen molar-refractivity contribution in [3.63, 3.8) is 0 Å². The van der Waals surface area contributed by atoms with E-state index in [0.717, 1.165) is 37.0 Å². The minimum atomic E-state index is -1.07. The van der Waals surface area contributed by atoms with Crippen LogP contribution < -0.4 is 0 Å². The standard InChI is InChI=1S/C18H22BrFN4O/c19-17-8-14(1-4-22-17)7-13-2-5-23(6-3-13)12-18(25)24-11-15(20)9-16(24)10-21/h1,4,8,13,15-16H,2-3,5-7,9,11-12H2/t15-,16-/m0/s1. The fourth-order valence-corrected chi connectivity index (χ4v) is 4.13. The van der Waals surface area contributed by atoms with Crippen molar-refractivity contribution < 1.29 is 9.18 Å². The van der Waals surface area contributed by atoms with Crippen LogP contribution >= 0.6 is 15.9 Å². The number of nitriles is 1. The van der Waals surface area contributed by atoms with E-state index in [1.165, 1.54) is 10.5 Å². The van der Waals surface area contributed by atoms with E-state index in [2.05, 4.69) is 31.9 Å². The summed E-state index contributed by atoms with van der Waals surface area (Å²) >= 11 is 3.40. The maximum Gasteiger partial charge on any atom is 0.237 e. The Labute approximate surface area is 155 Å². The molecule has 0 unspecified atom stereocenters. The van der Waals surface area contributed by atoms with Gasteiger partial charge in [0, 0.05) is 12.6 Å². The predicted molar refractivity (Wildman–Crippen MR) is 95.4 cm³/mol. The molecule has 2 saturated heterocycles. The molecule has 3 rings (SSSR count). The number of amides is 1. The minimum absolute atomic E-state index is 0.0600. The van der Waals surface area contributed by atoms with E-state index in [9.17, 15) is 9.18 Å². The average molecular weight is 409 g/mol. The topological polar surface area (TPSA) is 60.2 Å². The van der Waals surface area contributed by atoms with Crippen molar-refractivity contribution in [1.29, 1.82) is 5.26 Å². The lowest BCUT2D eigenvalue weighted by Gasteiger charge is -2.33. The largest absolute Gasteiger partial charge is 0.323 e. The molecule has 2 atom stereocenters. The summed E-state index contributed by atoms with van der Waals surface area (Å²) in [5.41, 5.74) is 1.28. The number of aromatic nitrogens is 1. The van der Waals surface area contributed by atoms with Gasteiger partial charge in [-0.2, -0.15) is 5.26 Å². The fourth-order valence-electron chi connectivity index (χ4n) is 3.72. The Kier molecular flexibility index (Phi) is 6.02. The van der Waals surface area contributed by atoms with Crippen molar-refractivity contribution in [3.8, 4) is 6.07 Å². The third-order valence-electron chi connectivity index (χ3n) is 5.10. The van der Waals surface area contributed by atoms with E-state index in [0.29, 0.717) is 12.5 Å². The van der Waals surface area contributed by atoms with E-state index in [4.69, 9.17) is 5.26 Å². The number of piperidine rings is 1. The lowest BCUT2D eigenvalue weighted by atomic mass is 9.90. The third-order valence-corrected chi connectivity index (χ3v) is 5.53. The van der Waals surface area contributed by atoms with Crippen LogP contribution in [0, 0.1) is 17.2 Å².